The third-order valence-electron chi connectivity index (χ3n) is 3.07. The number of carbonyl (C=O) groups excluding carboxylic acids is 1. The first kappa shape index (κ1) is 13.7. The number of nitro benzene ring substituents is 1. The van der Waals surface area contributed by atoms with Crippen LogP contribution in [0.25, 0.3) is 6.08 Å². The summed E-state index contributed by atoms with van der Waals surface area (Å²) in [6.07, 6.45) is 1.36. The number of para-hydroxylation sites is 1. The minimum absolute atomic E-state index is 0.0353. The number of nitro groups is 1. The van der Waals surface area contributed by atoms with Crippen LogP contribution in [0, 0.1) is 10.1 Å². The third kappa shape index (κ3) is 2.62. The second-order valence-electron chi connectivity index (χ2n) is 4.52. The van der Waals surface area contributed by atoms with Crippen molar-refractivity contribution in [3.63, 3.8) is 0 Å². The number of carbonyl (C=O) groups is 1. The molecule has 0 N–H and O–H groups in total. The normalized spacial score (nSPS) is 15.5. The highest BCUT2D eigenvalue weighted by Crippen LogP contribution is 2.24. The molecule has 0 aromatic heterocycles. The predicted octanol–water partition coefficient (Wildman–Crippen LogP) is 2.94. The van der Waals surface area contributed by atoms with Crippen LogP contribution < -0.4 is 0 Å². The first-order valence-electron chi connectivity index (χ1n) is 6.46. The first-order valence-corrected chi connectivity index (χ1v) is 6.46. The molecule has 1 aliphatic rings. The first-order chi connectivity index (χ1) is 10.6. The summed E-state index contributed by atoms with van der Waals surface area (Å²) in [5.74, 6) is -0.438. The molecule has 0 amide bonds. The van der Waals surface area contributed by atoms with Gasteiger partial charge in [-0.2, -0.15) is 0 Å². The number of cyclic esters (lactones) is 1. The van der Waals surface area contributed by atoms with Crippen molar-refractivity contribution in [3.8, 4) is 0 Å². The fourth-order valence-electron chi connectivity index (χ4n) is 2.04. The highest BCUT2D eigenvalue weighted by atomic mass is 16.6. The van der Waals surface area contributed by atoms with E-state index in [0.29, 0.717) is 11.1 Å². The molecule has 0 saturated heterocycles. The molecule has 2 aromatic carbocycles. The maximum atomic E-state index is 11.9. The lowest BCUT2D eigenvalue weighted by atomic mass is 10.1. The zero-order valence-corrected chi connectivity index (χ0v) is 11.3. The molecule has 0 fully saturated rings. The van der Waals surface area contributed by atoms with Gasteiger partial charge in [-0.3, -0.25) is 10.1 Å². The molecule has 0 aliphatic carbocycles. The largest absolute Gasteiger partial charge is 0.402 e. The Kier molecular flexibility index (Phi) is 3.49. The molecule has 0 saturated carbocycles. The fourth-order valence-corrected chi connectivity index (χ4v) is 2.04. The van der Waals surface area contributed by atoms with Gasteiger partial charge in [0.25, 0.3) is 5.69 Å². The monoisotopic (exact) mass is 294 g/mol. The van der Waals surface area contributed by atoms with Gasteiger partial charge in [-0.25, -0.2) is 9.79 Å². The molecule has 108 valence electrons. The zero-order valence-electron chi connectivity index (χ0n) is 11.3. The van der Waals surface area contributed by atoms with Crippen LogP contribution in [0.1, 0.15) is 11.1 Å². The molecule has 0 unspecified atom stereocenters. The Morgan fingerprint density at radius 3 is 2.45 bits per heavy atom. The summed E-state index contributed by atoms with van der Waals surface area (Å²) in [7, 11) is 0. The van der Waals surface area contributed by atoms with Gasteiger partial charge in [-0.1, -0.05) is 30.3 Å². The number of aliphatic imine (C=N–C) groups is 1. The van der Waals surface area contributed by atoms with E-state index in [1.807, 2.05) is 6.07 Å². The van der Waals surface area contributed by atoms with E-state index in [9.17, 15) is 14.9 Å². The number of nitrogens with zero attached hydrogens (tertiary/aromatic N) is 2. The van der Waals surface area contributed by atoms with Crippen molar-refractivity contribution in [1.29, 1.82) is 0 Å². The maximum absolute atomic E-state index is 11.9. The molecule has 0 spiro atoms. The van der Waals surface area contributed by atoms with Crippen molar-refractivity contribution in [2.24, 2.45) is 4.99 Å². The lowest BCUT2D eigenvalue weighted by Crippen LogP contribution is -2.05. The maximum Gasteiger partial charge on any atom is 0.363 e. The summed E-state index contributed by atoms with van der Waals surface area (Å²) < 4.78 is 5.11. The van der Waals surface area contributed by atoms with E-state index < -0.39 is 10.9 Å². The number of hydrogen-bond donors (Lipinski definition) is 0. The van der Waals surface area contributed by atoms with E-state index in [4.69, 9.17) is 4.74 Å². The van der Waals surface area contributed by atoms with E-state index in [-0.39, 0.29) is 17.3 Å². The standard InChI is InChI=1S/C16H10N2O4/c19-16-13(10-12-8-4-5-9-14(12)18(20)21)17-15(22-16)11-6-2-1-3-7-11/h1-10H/b13-10+. The van der Waals surface area contributed by atoms with Gasteiger partial charge in [-0.05, 0) is 24.3 Å². The van der Waals surface area contributed by atoms with Crippen molar-refractivity contribution < 1.29 is 14.5 Å². The van der Waals surface area contributed by atoms with Crippen LogP contribution >= 0.6 is 0 Å². The molecule has 1 aliphatic heterocycles. The quantitative estimate of drug-likeness (QED) is 0.377. The Balaban J connectivity index is 2.00. The second kappa shape index (κ2) is 5.61. The van der Waals surface area contributed by atoms with E-state index in [2.05, 4.69) is 4.99 Å². The van der Waals surface area contributed by atoms with E-state index in [0.717, 1.165) is 0 Å². The average Bonchev–Trinajstić information content (AvgIpc) is 2.90. The highest BCUT2D eigenvalue weighted by Gasteiger charge is 2.25. The van der Waals surface area contributed by atoms with Crippen molar-refractivity contribution in [3.05, 3.63) is 81.5 Å². The molecule has 6 heteroatoms. The number of rotatable bonds is 3. The average molecular weight is 294 g/mol. The van der Waals surface area contributed by atoms with E-state index >= 15 is 0 Å². The number of ether oxygens (including phenoxy) is 1. The molecule has 22 heavy (non-hydrogen) atoms. The van der Waals surface area contributed by atoms with Crippen molar-refractivity contribution in [2.75, 3.05) is 0 Å². The topological polar surface area (TPSA) is 81.8 Å². The van der Waals surface area contributed by atoms with Gasteiger partial charge in [0.2, 0.25) is 5.90 Å². The van der Waals surface area contributed by atoms with Crippen molar-refractivity contribution in [1.82, 2.24) is 0 Å². The van der Waals surface area contributed by atoms with Crippen LogP contribution in [-0.2, 0) is 9.53 Å². The lowest BCUT2D eigenvalue weighted by molar-refractivity contribution is -0.385. The highest BCUT2D eigenvalue weighted by molar-refractivity contribution is 6.12. The molecule has 0 atom stereocenters. The summed E-state index contributed by atoms with van der Waals surface area (Å²) in [5.41, 5.74) is 0.915. The minimum atomic E-state index is -0.628. The van der Waals surface area contributed by atoms with Crippen LogP contribution in [0.4, 0.5) is 5.69 Å². The molecular formula is C16H10N2O4. The third-order valence-corrected chi connectivity index (χ3v) is 3.07. The van der Waals surface area contributed by atoms with Gasteiger partial charge in [0, 0.05) is 11.6 Å². The van der Waals surface area contributed by atoms with Gasteiger partial charge in [0.1, 0.15) is 0 Å². The van der Waals surface area contributed by atoms with Gasteiger partial charge in [0.05, 0.1) is 10.5 Å². The Labute approximate surface area is 125 Å². The molecule has 1 heterocycles. The van der Waals surface area contributed by atoms with Crippen LogP contribution in [-0.4, -0.2) is 16.8 Å². The minimum Gasteiger partial charge on any atom is -0.402 e. The van der Waals surface area contributed by atoms with Crippen LogP contribution in [0.2, 0.25) is 0 Å². The summed E-state index contributed by atoms with van der Waals surface area (Å²) in [6, 6.07) is 15.1. The van der Waals surface area contributed by atoms with Gasteiger partial charge in [0.15, 0.2) is 5.70 Å². The van der Waals surface area contributed by atoms with E-state index in [1.54, 1.807) is 42.5 Å². The molecule has 6 nitrogen and oxygen atoms in total. The number of esters is 1. The number of benzene rings is 2. The zero-order chi connectivity index (χ0) is 15.5. The number of hydrogen-bond acceptors (Lipinski definition) is 5. The van der Waals surface area contributed by atoms with Crippen LogP contribution in [0.5, 0.6) is 0 Å². The molecule has 3 rings (SSSR count). The Morgan fingerprint density at radius 1 is 1.05 bits per heavy atom. The van der Waals surface area contributed by atoms with Crippen LogP contribution in [0.15, 0.2) is 65.3 Å². The summed E-state index contributed by atoms with van der Waals surface area (Å²) in [6.45, 7) is 0. The Hall–Kier alpha value is -3.28. The van der Waals surface area contributed by atoms with Gasteiger partial charge < -0.3 is 4.74 Å². The molecule has 2 aromatic rings. The van der Waals surface area contributed by atoms with Crippen molar-refractivity contribution >= 4 is 23.6 Å². The van der Waals surface area contributed by atoms with E-state index in [1.165, 1.54) is 12.1 Å². The SMILES string of the molecule is O=C1OC(c2ccccc2)=N/C1=C/c1ccccc1[N+](=O)[O-]. The van der Waals surface area contributed by atoms with Gasteiger partial charge in [-0.15, -0.1) is 0 Å². The van der Waals surface area contributed by atoms with Gasteiger partial charge >= 0.3 is 5.97 Å². The second-order valence-corrected chi connectivity index (χ2v) is 4.52. The fraction of sp³-hybridized carbons (Fsp3) is 0. The lowest BCUT2D eigenvalue weighted by Gasteiger charge is -1.97. The summed E-state index contributed by atoms with van der Waals surface area (Å²) in [5, 5.41) is 11.0. The molecule has 0 bridgehead atoms. The Morgan fingerprint density at radius 2 is 1.73 bits per heavy atom. The van der Waals surface area contributed by atoms with Crippen molar-refractivity contribution in [2.45, 2.75) is 0 Å². The van der Waals surface area contributed by atoms with Crippen LogP contribution in [0.3, 0.4) is 0 Å². The molecule has 0 radical (unpaired) electrons. The molecular weight excluding hydrogens is 284 g/mol. The summed E-state index contributed by atoms with van der Waals surface area (Å²) >= 11 is 0. The Bertz CT molecular complexity index is 810. The summed E-state index contributed by atoms with van der Waals surface area (Å²) in [4.78, 5) is 26.5. The predicted molar refractivity (Wildman–Crippen MR) is 80.1 cm³/mol. The smallest absolute Gasteiger partial charge is 0.363 e.